The van der Waals surface area contributed by atoms with E-state index >= 15 is 0 Å². The molecular formula is C17H22N2O2S. The van der Waals surface area contributed by atoms with E-state index in [0.717, 1.165) is 48.4 Å². The number of rotatable bonds is 3. The van der Waals surface area contributed by atoms with Crippen LogP contribution in [-0.2, 0) is 0 Å². The lowest BCUT2D eigenvalue weighted by Crippen LogP contribution is -2.40. The molecule has 1 aliphatic carbocycles. The maximum Gasteiger partial charge on any atom is 0.251 e. The van der Waals surface area contributed by atoms with Crippen LogP contribution in [0, 0.1) is 0 Å². The first-order chi connectivity index (χ1) is 10.6. The summed E-state index contributed by atoms with van der Waals surface area (Å²) in [6, 6.07) is 5.86. The molecule has 4 nitrogen and oxygen atoms in total. The number of hydrogen-bond acceptors (Lipinski definition) is 3. The Labute approximate surface area is 136 Å². The molecule has 22 heavy (non-hydrogen) atoms. The molecule has 2 aliphatic rings. The Morgan fingerprint density at radius 3 is 2.68 bits per heavy atom. The van der Waals surface area contributed by atoms with Gasteiger partial charge in [0.2, 0.25) is 0 Å². The molecule has 0 amide bonds. The van der Waals surface area contributed by atoms with E-state index < -0.39 is 5.79 Å². The first-order valence-electron chi connectivity index (χ1n) is 7.78. The van der Waals surface area contributed by atoms with E-state index in [1.54, 1.807) is 0 Å². The third-order valence-electron chi connectivity index (χ3n) is 3.96. The van der Waals surface area contributed by atoms with E-state index in [4.69, 9.17) is 21.7 Å². The van der Waals surface area contributed by atoms with E-state index in [2.05, 4.69) is 17.2 Å². The zero-order chi connectivity index (χ0) is 15.6. The van der Waals surface area contributed by atoms with E-state index in [9.17, 15) is 0 Å². The molecule has 0 saturated heterocycles. The number of fused-ring (bicyclic) bond motifs is 1. The number of thiocarbonyl (C=S) groups is 1. The monoisotopic (exact) mass is 318 g/mol. The SMILES string of the molecule is C=C(C)CNC(=S)Nc1ccc2c(c1)OC1(CCCCC1)O2. The third kappa shape index (κ3) is 3.35. The Bertz CT molecular complexity index is 594. The molecule has 1 spiro atoms. The average molecular weight is 318 g/mol. The van der Waals surface area contributed by atoms with Crippen molar-refractivity contribution in [2.45, 2.75) is 44.8 Å². The first kappa shape index (κ1) is 15.2. The van der Waals surface area contributed by atoms with Crippen molar-refractivity contribution in [2.75, 3.05) is 11.9 Å². The van der Waals surface area contributed by atoms with Crippen LogP contribution < -0.4 is 20.1 Å². The number of benzene rings is 1. The molecule has 1 aromatic carbocycles. The van der Waals surface area contributed by atoms with Gasteiger partial charge in [-0.1, -0.05) is 18.6 Å². The van der Waals surface area contributed by atoms with Crippen LogP contribution in [-0.4, -0.2) is 17.4 Å². The quantitative estimate of drug-likeness (QED) is 0.652. The van der Waals surface area contributed by atoms with Gasteiger partial charge in [0.15, 0.2) is 16.6 Å². The Balaban J connectivity index is 1.65. The Kier molecular flexibility index (Phi) is 4.25. The normalized spacial score (nSPS) is 18.0. The van der Waals surface area contributed by atoms with Gasteiger partial charge in [-0.05, 0) is 44.1 Å². The van der Waals surface area contributed by atoms with Gasteiger partial charge in [0.25, 0.3) is 5.79 Å². The van der Waals surface area contributed by atoms with Gasteiger partial charge in [-0.2, -0.15) is 0 Å². The van der Waals surface area contributed by atoms with Gasteiger partial charge in [0.1, 0.15) is 0 Å². The minimum absolute atomic E-state index is 0.433. The second kappa shape index (κ2) is 6.16. The fourth-order valence-corrected chi connectivity index (χ4v) is 3.06. The zero-order valence-corrected chi connectivity index (χ0v) is 13.7. The van der Waals surface area contributed by atoms with E-state index in [-0.39, 0.29) is 0 Å². The van der Waals surface area contributed by atoms with Crippen molar-refractivity contribution in [2.24, 2.45) is 0 Å². The average Bonchev–Trinajstić information content (AvgIpc) is 2.82. The zero-order valence-electron chi connectivity index (χ0n) is 12.9. The van der Waals surface area contributed by atoms with Crippen molar-refractivity contribution < 1.29 is 9.47 Å². The molecule has 118 valence electrons. The first-order valence-corrected chi connectivity index (χ1v) is 8.18. The molecule has 0 radical (unpaired) electrons. The predicted octanol–water partition coefficient (Wildman–Crippen LogP) is 3.98. The van der Waals surface area contributed by atoms with Crippen LogP contribution >= 0.6 is 12.2 Å². The maximum absolute atomic E-state index is 6.12. The van der Waals surface area contributed by atoms with Gasteiger partial charge < -0.3 is 20.1 Å². The Morgan fingerprint density at radius 2 is 1.95 bits per heavy atom. The summed E-state index contributed by atoms with van der Waals surface area (Å²) in [6.45, 7) is 6.47. The highest BCUT2D eigenvalue weighted by Gasteiger charge is 2.42. The number of nitrogens with one attached hydrogen (secondary N) is 2. The second-order valence-electron chi connectivity index (χ2n) is 6.10. The molecule has 1 aromatic rings. The molecule has 1 heterocycles. The van der Waals surface area contributed by atoms with Crippen molar-refractivity contribution in [1.29, 1.82) is 0 Å². The molecular weight excluding hydrogens is 296 g/mol. The van der Waals surface area contributed by atoms with Crippen molar-refractivity contribution in [3.63, 3.8) is 0 Å². The smallest absolute Gasteiger partial charge is 0.251 e. The molecule has 5 heteroatoms. The van der Waals surface area contributed by atoms with Crippen LogP contribution in [0.15, 0.2) is 30.4 Å². The van der Waals surface area contributed by atoms with E-state index in [0.29, 0.717) is 11.7 Å². The number of anilines is 1. The summed E-state index contributed by atoms with van der Waals surface area (Å²) in [5.74, 6) is 1.20. The highest BCUT2D eigenvalue weighted by atomic mass is 32.1. The Morgan fingerprint density at radius 1 is 1.23 bits per heavy atom. The summed E-state index contributed by atoms with van der Waals surface area (Å²) in [6.07, 6.45) is 5.51. The maximum atomic E-state index is 6.12. The van der Waals surface area contributed by atoms with E-state index in [1.807, 2.05) is 25.1 Å². The molecule has 0 unspecified atom stereocenters. The lowest BCUT2D eigenvalue weighted by atomic mass is 9.94. The van der Waals surface area contributed by atoms with Crippen molar-refractivity contribution in [3.8, 4) is 11.5 Å². The van der Waals surface area contributed by atoms with Crippen LogP contribution in [0.3, 0.4) is 0 Å². The van der Waals surface area contributed by atoms with Gasteiger partial charge in [0, 0.05) is 31.1 Å². The summed E-state index contributed by atoms with van der Waals surface area (Å²) in [5.41, 5.74) is 1.93. The topological polar surface area (TPSA) is 42.5 Å². The molecule has 0 bridgehead atoms. The van der Waals surface area contributed by atoms with Gasteiger partial charge in [-0.25, -0.2) is 0 Å². The molecule has 3 rings (SSSR count). The van der Waals surface area contributed by atoms with Crippen LogP contribution in [0.2, 0.25) is 0 Å². The highest BCUT2D eigenvalue weighted by molar-refractivity contribution is 7.80. The minimum atomic E-state index is -0.433. The van der Waals surface area contributed by atoms with Crippen molar-refractivity contribution in [3.05, 3.63) is 30.4 Å². The summed E-state index contributed by atoms with van der Waals surface area (Å²) in [4.78, 5) is 0. The van der Waals surface area contributed by atoms with Crippen LogP contribution in [0.5, 0.6) is 11.5 Å². The lowest BCUT2D eigenvalue weighted by molar-refractivity contribution is -0.105. The fourth-order valence-electron chi connectivity index (χ4n) is 2.87. The van der Waals surface area contributed by atoms with Gasteiger partial charge in [-0.15, -0.1) is 0 Å². The van der Waals surface area contributed by atoms with Gasteiger partial charge in [-0.3, -0.25) is 0 Å². The van der Waals surface area contributed by atoms with Gasteiger partial charge >= 0.3 is 0 Å². The van der Waals surface area contributed by atoms with Crippen molar-refractivity contribution >= 4 is 23.0 Å². The fraction of sp³-hybridized carbons (Fsp3) is 0.471. The highest BCUT2D eigenvalue weighted by Crippen LogP contribution is 2.46. The standard InChI is InChI=1S/C17H22N2O2S/c1-12(2)11-18-16(22)19-13-6-7-14-15(10-13)21-17(20-14)8-4-3-5-9-17/h6-7,10H,1,3-5,8-9,11H2,2H3,(H2,18,19,22). The lowest BCUT2D eigenvalue weighted by Gasteiger charge is -2.31. The van der Waals surface area contributed by atoms with Gasteiger partial charge in [0.05, 0.1) is 0 Å². The van der Waals surface area contributed by atoms with Crippen LogP contribution in [0.25, 0.3) is 0 Å². The van der Waals surface area contributed by atoms with Crippen molar-refractivity contribution in [1.82, 2.24) is 5.32 Å². The van der Waals surface area contributed by atoms with E-state index in [1.165, 1.54) is 6.42 Å². The Hall–Kier alpha value is -1.75. The minimum Gasteiger partial charge on any atom is -0.448 e. The van der Waals surface area contributed by atoms with Crippen LogP contribution in [0.4, 0.5) is 5.69 Å². The third-order valence-corrected chi connectivity index (χ3v) is 4.21. The summed E-state index contributed by atoms with van der Waals surface area (Å²) >= 11 is 5.27. The predicted molar refractivity (Wildman–Crippen MR) is 92.6 cm³/mol. The van der Waals surface area contributed by atoms with Crippen LogP contribution in [0.1, 0.15) is 39.0 Å². The number of ether oxygens (including phenoxy) is 2. The molecule has 1 saturated carbocycles. The largest absolute Gasteiger partial charge is 0.448 e. The molecule has 1 fully saturated rings. The summed E-state index contributed by atoms with van der Waals surface area (Å²) in [5, 5.41) is 6.84. The second-order valence-corrected chi connectivity index (χ2v) is 6.51. The molecule has 2 N–H and O–H groups in total. The molecule has 0 aromatic heterocycles. The summed E-state index contributed by atoms with van der Waals surface area (Å²) < 4.78 is 12.2. The molecule has 0 atom stereocenters. The summed E-state index contributed by atoms with van der Waals surface area (Å²) in [7, 11) is 0. The molecule has 1 aliphatic heterocycles. The number of hydrogen-bond donors (Lipinski definition) is 2.